The predicted octanol–water partition coefficient (Wildman–Crippen LogP) is 3.18. The molecule has 0 N–H and O–H groups in total. The molecule has 0 bridgehead atoms. The molecule has 0 saturated carbocycles. The van der Waals surface area contributed by atoms with Crippen molar-refractivity contribution in [2.75, 3.05) is 31.1 Å². The van der Waals surface area contributed by atoms with E-state index in [1.165, 1.54) is 25.1 Å². The molecule has 1 heterocycles. The highest BCUT2D eigenvalue weighted by Gasteiger charge is 2.27. The third-order valence-corrected chi connectivity index (χ3v) is 4.64. The van der Waals surface area contributed by atoms with Gasteiger partial charge in [-0.05, 0) is 37.3 Å². The van der Waals surface area contributed by atoms with Gasteiger partial charge in [0, 0.05) is 31.9 Å². The fourth-order valence-corrected chi connectivity index (χ4v) is 3.16. The van der Waals surface area contributed by atoms with Gasteiger partial charge in [0.25, 0.3) is 5.91 Å². The van der Waals surface area contributed by atoms with E-state index in [-0.39, 0.29) is 17.2 Å². The molecule has 1 saturated heterocycles. The van der Waals surface area contributed by atoms with Crippen LogP contribution in [0.15, 0.2) is 54.6 Å². The number of anilines is 1. The second kappa shape index (κ2) is 9.36. The van der Waals surface area contributed by atoms with Crippen LogP contribution in [0.5, 0.6) is 5.75 Å². The topological polar surface area (TPSA) is 59.1 Å². The van der Waals surface area contributed by atoms with Crippen LogP contribution in [0, 0.1) is 0 Å². The van der Waals surface area contributed by atoms with Gasteiger partial charge in [0.05, 0.1) is 5.56 Å². The molecule has 154 valence electrons. The smallest absolute Gasteiger partial charge is 0.387 e. The van der Waals surface area contributed by atoms with Crippen LogP contribution in [0.1, 0.15) is 17.3 Å². The number of amides is 1. The summed E-state index contributed by atoms with van der Waals surface area (Å²) in [4.78, 5) is 28.7. The van der Waals surface area contributed by atoms with Crippen molar-refractivity contribution < 1.29 is 27.8 Å². The summed E-state index contributed by atoms with van der Waals surface area (Å²) in [6.45, 7) is 0.924. The van der Waals surface area contributed by atoms with E-state index in [1.54, 1.807) is 4.90 Å². The Bertz CT molecular complexity index is 840. The second-order valence-corrected chi connectivity index (χ2v) is 6.60. The van der Waals surface area contributed by atoms with Gasteiger partial charge in [0.15, 0.2) is 6.10 Å². The van der Waals surface area contributed by atoms with Gasteiger partial charge in [-0.1, -0.05) is 24.3 Å². The summed E-state index contributed by atoms with van der Waals surface area (Å²) in [6.07, 6.45) is -0.981. The highest BCUT2D eigenvalue weighted by atomic mass is 19.3. The number of hydrogen-bond acceptors (Lipinski definition) is 5. The normalized spacial score (nSPS) is 15.2. The molecule has 1 unspecified atom stereocenters. The van der Waals surface area contributed by atoms with E-state index in [9.17, 15) is 18.4 Å². The Labute approximate surface area is 167 Å². The van der Waals surface area contributed by atoms with Crippen LogP contribution in [0.4, 0.5) is 14.5 Å². The van der Waals surface area contributed by atoms with Gasteiger partial charge in [0.1, 0.15) is 5.75 Å². The van der Waals surface area contributed by atoms with Crippen molar-refractivity contribution in [2.45, 2.75) is 19.6 Å². The summed E-state index contributed by atoms with van der Waals surface area (Å²) in [5.74, 6) is -1.20. The average molecular weight is 404 g/mol. The van der Waals surface area contributed by atoms with Gasteiger partial charge >= 0.3 is 12.6 Å². The van der Waals surface area contributed by atoms with Gasteiger partial charge in [0.2, 0.25) is 0 Å². The summed E-state index contributed by atoms with van der Waals surface area (Å²) in [5.41, 5.74) is 1.14. The van der Waals surface area contributed by atoms with Crippen molar-refractivity contribution in [3.8, 4) is 5.75 Å². The van der Waals surface area contributed by atoms with Crippen LogP contribution in [0.25, 0.3) is 0 Å². The quantitative estimate of drug-likeness (QED) is 0.692. The summed E-state index contributed by atoms with van der Waals surface area (Å²) in [7, 11) is 0. The van der Waals surface area contributed by atoms with Crippen LogP contribution >= 0.6 is 0 Å². The van der Waals surface area contributed by atoms with Crippen LogP contribution in [-0.2, 0) is 9.53 Å². The number of rotatable bonds is 6. The summed E-state index contributed by atoms with van der Waals surface area (Å²) in [5, 5.41) is 0. The predicted molar refractivity (Wildman–Crippen MR) is 103 cm³/mol. The number of nitrogens with zero attached hydrogens (tertiary/aromatic N) is 2. The second-order valence-electron chi connectivity index (χ2n) is 6.60. The molecule has 29 heavy (non-hydrogen) atoms. The molecule has 2 aromatic rings. The molecule has 2 aromatic carbocycles. The van der Waals surface area contributed by atoms with E-state index < -0.39 is 18.7 Å². The monoisotopic (exact) mass is 404 g/mol. The number of halogens is 2. The highest BCUT2D eigenvalue weighted by molar-refractivity contribution is 5.92. The number of ether oxygens (including phenoxy) is 2. The number of alkyl halides is 2. The number of carbonyl (C=O) groups excluding carboxylic acids is 2. The average Bonchev–Trinajstić information content (AvgIpc) is 2.73. The van der Waals surface area contributed by atoms with Crippen molar-refractivity contribution in [2.24, 2.45) is 0 Å². The lowest BCUT2D eigenvalue weighted by molar-refractivity contribution is -0.140. The minimum absolute atomic E-state index is 0.0386. The molecule has 1 aliphatic heterocycles. The molecule has 1 atom stereocenters. The number of carbonyl (C=O) groups is 2. The lowest BCUT2D eigenvalue weighted by atomic mass is 10.2. The van der Waals surface area contributed by atoms with Crippen molar-refractivity contribution in [1.29, 1.82) is 0 Å². The van der Waals surface area contributed by atoms with E-state index in [0.29, 0.717) is 26.2 Å². The van der Waals surface area contributed by atoms with Gasteiger partial charge in [-0.15, -0.1) is 0 Å². The standard InChI is InChI=1S/C21H22F2N2O4/c1-15(28-20(27)16-6-5-9-18(14-16)29-21(22)23)19(26)25-12-10-24(11-13-25)17-7-3-2-4-8-17/h2-9,14-15,21H,10-13H2,1H3. The first-order valence-electron chi connectivity index (χ1n) is 9.28. The minimum atomic E-state index is -2.99. The maximum atomic E-state index is 12.6. The first-order valence-corrected chi connectivity index (χ1v) is 9.28. The van der Waals surface area contributed by atoms with Crippen molar-refractivity contribution >= 4 is 17.6 Å². The molecular weight excluding hydrogens is 382 g/mol. The number of hydrogen-bond donors (Lipinski definition) is 0. The first-order chi connectivity index (χ1) is 13.9. The fourth-order valence-electron chi connectivity index (χ4n) is 3.16. The van der Waals surface area contributed by atoms with Crippen LogP contribution in [0.3, 0.4) is 0 Å². The maximum Gasteiger partial charge on any atom is 0.387 e. The summed E-state index contributed by atoms with van der Waals surface area (Å²) in [6, 6.07) is 15.2. The Kier molecular flexibility index (Phi) is 6.64. The summed E-state index contributed by atoms with van der Waals surface area (Å²) >= 11 is 0. The Balaban J connectivity index is 1.53. The fraction of sp³-hybridized carbons (Fsp3) is 0.333. The van der Waals surface area contributed by atoms with Crippen molar-refractivity contribution in [3.63, 3.8) is 0 Å². The molecule has 8 heteroatoms. The highest BCUT2D eigenvalue weighted by Crippen LogP contribution is 2.18. The first kappa shape index (κ1) is 20.6. The zero-order valence-corrected chi connectivity index (χ0v) is 16.0. The molecular formula is C21H22F2N2O4. The van der Waals surface area contributed by atoms with Crippen molar-refractivity contribution in [3.05, 3.63) is 60.2 Å². The van der Waals surface area contributed by atoms with E-state index >= 15 is 0 Å². The summed E-state index contributed by atoms with van der Waals surface area (Å²) < 4.78 is 34.2. The Morgan fingerprint density at radius 1 is 0.966 bits per heavy atom. The zero-order chi connectivity index (χ0) is 20.8. The number of piperazine rings is 1. The Hall–Kier alpha value is -3.16. The lowest BCUT2D eigenvalue weighted by Gasteiger charge is -2.37. The minimum Gasteiger partial charge on any atom is -0.449 e. The van der Waals surface area contributed by atoms with E-state index in [1.807, 2.05) is 30.3 Å². The van der Waals surface area contributed by atoms with E-state index in [2.05, 4.69) is 9.64 Å². The molecule has 0 radical (unpaired) electrons. The molecule has 1 fully saturated rings. The van der Waals surface area contributed by atoms with Crippen LogP contribution in [0.2, 0.25) is 0 Å². The SMILES string of the molecule is CC(OC(=O)c1cccc(OC(F)F)c1)C(=O)N1CCN(c2ccccc2)CC1. The third kappa shape index (κ3) is 5.43. The molecule has 0 spiro atoms. The number of para-hydroxylation sites is 1. The van der Waals surface area contributed by atoms with E-state index in [4.69, 9.17) is 4.74 Å². The van der Waals surface area contributed by atoms with Crippen molar-refractivity contribution in [1.82, 2.24) is 4.90 Å². The number of esters is 1. The third-order valence-electron chi connectivity index (χ3n) is 4.64. The Morgan fingerprint density at radius 2 is 1.66 bits per heavy atom. The van der Waals surface area contributed by atoms with Gasteiger partial charge in [-0.3, -0.25) is 4.79 Å². The van der Waals surface area contributed by atoms with Gasteiger partial charge in [-0.25, -0.2) is 4.79 Å². The van der Waals surface area contributed by atoms with E-state index in [0.717, 1.165) is 11.8 Å². The molecule has 3 rings (SSSR count). The molecule has 0 aromatic heterocycles. The maximum absolute atomic E-state index is 12.6. The zero-order valence-electron chi connectivity index (χ0n) is 16.0. The van der Waals surface area contributed by atoms with Gasteiger partial charge < -0.3 is 19.3 Å². The Morgan fingerprint density at radius 3 is 2.31 bits per heavy atom. The largest absolute Gasteiger partial charge is 0.449 e. The number of benzene rings is 2. The molecule has 1 amide bonds. The van der Waals surface area contributed by atoms with Gasteiger partial charge in [-0.2, -0.15) is 8.78 Å². The van der Waals surface area contributed by atoms with Crippen LogP contribution in [-0.4, -0.2) is 55.7 Å². The lowest BCUT2D eigenvalue weighted by Crippen LogP contribution is -2.51. The molecule has 6 nitrogen and oxygen atoms in total. The molecule has 1 aliphatic rings. The van der Waals surface area contributed by atoms with Crippen LogP contribution < -0.4 is 9.64 Å². The molecule has 0 aliphatic carbocycles.